The summed E-state index contributed by atoms with van der Waals surface area (Å²) in [5, 5.41) is 0. The predicted octanol–water partition coefficient (Wildman–Crippen LogP) is 0.485. The summed E-state index contributed by atoms with van der Waals surface area (Å²) >= 11 is 0. The van der Waals surface area contributed by atoms with Gasteiger partial charge in [-0.3, -0.25) is 0 Å². The zero-order valence-electron chi connectivity index (χ0n) is 5.56. The maximum atomic E-state index is 5.35. The van der Waals surface area contributed by atoms with Crippen molar-refractivity contribution in [1.82, 2.24) is 0 Å². The van der Waals surface area contributed by atoms with Crippen molar-refractivity contribution in [3.8, 4) is 0 Å². The molecule has 2 nitrogen and oxygen atoms in total. The topological polar surface area (TPSA) is 52.0 Å². The van der Waals surface area contributed by atoms with Gasteiger partial charge >= 0.3 is 0 Å². The molecule has 0 aliphatic carbocycles. The Morgan fingerprint density at radius 1 is 1.50 bits per heavy atom. The first-order chi connectivity index (χ1) is 3.81. The van der Waals surface area contributed by atoms with Crippen LogP contribution in [-0.2, 0) is 0 Å². The fourth-order valence-electron chi connectivity index (χ4n) is 0.167. The molecule has 0 aromatic carbocycles. The number of rotatable bonds is 2. The summed E-state index contributed by atoms with van der Waals surface area (Å²) in [4.78, 5) is 0. The van der Waals surface area contributed by atoms with Crippen LogP contribution >= 0.6 is 0 Å². The molecule has 0 spiro atoms. The SMILES string of the molecule is C=C.CCC(N)CN. The minimum Gasteiger partial charge on any atom is -0.329 e. The molecule has 50 valence electrons. The number of hydrogen-bond donors (Lipinski definition) is 2. The Bertz CT molecular complexity index is 33.5. The summed E-state index contributed by atoms with van der Waals surface area (Å²) in [7, 11) is 0. The van der Waals surface area contributed by atoms with Crippen molar-refractivity contribution >= 4 is 0 Å². The first-order valence-corrected chi connectivity index (χ1v) is 2.77. The average Bonchev–Trinajstić information content (AvgIpc) is 1.91. The van der Waals surface area contributed by atoms with Crippen LogP contribution in [0.4, 0.5) is 0 Å². The van der Waals surface area contributed by atoms with Crippen molar-refractivity contribution in [3.63, 3.8) is 0 Å². The van der Waals surface area contributed by atoms with Crippen LogP contribution in [0.25, 0.3) is 0 Å². The molecular weight excluding hydrogens is 100 g/mol. The minimum atomic E-state index is 0.213. The average molecular weight is 116 g/mol. The van der Waals surface area contributed by atoms with Crippen LogP contribution in [0.3, 0.4) is 0 Å². The highest BCUT2D eigenvalue weighted by Crippen LogP contribution is 1.77. The molecular formula is C6H16N2. The van der Waals surface area contributed by atoms with Crippen molar-refractivity contribution in [2.24, 2.45) is 11.5 Å². The third kappa shape index (κ3) is 9.18. The zero-order chi connectivity index (χ0) is 6.99. The van der Waals surface area contributed by atoms with Gasteiger partial charge in [0, 0.05) is 12.6 Å². The molecule has 2 heteroatoms. The summed E-state index contributed by atoms with van der Waals surface area (Å²) in [6.07, 6.45) is 0.983. The molecule has 4 N–H and O–H groups in total. The maximum Gasteiger partial charge on any atom is 0.0160 e. The van der Waals surface area contributed by atoms with Gasteiger partial charge in [-0.1, -0.05) is 6.92 Å². The molecule has 0 aliphatic heterocycles. The van der Waals surface area contributed by atoms with Crippen LogP contribution < -0.4 is 11.5 Å². The first-order valence-electron chi connectivity index (χ1n) is 2.77. The van der Waals surface area contributed by atoms with Crippen LogP contribution in [0.5, 0.6) is 0 Å². The first kappa shape index (κ1) is 10.6. The van der Waals surface area contributed by atoms with Crippen LogP contribution in [0, 0.1) is 0 Å². The Hall–Kier alpha value is -0.340. The number of nitrogens with two attached hydrogens (primary N) is 2. The molecule has 0 amide bonds. The van der Waals surface area contributed by atoms with E-state index in [9.17, 15) is 0 Å². The van der Waals surface area contributed by atoms with Gasteiger partial charge in [0.25, 0.3) is 0 Å². The third-order valence-electron chi connectivity index (χ3n) is 0.827. The molecule has 8 heavy (non-hydrogen) atoms. The molecule has 0 bridgehead atoms. The van der Waals surface area contributed by atoms with Crippen LogP contribution in [0.1, 0.15) is 13.3 Å². The van der Waals surface area contributed by atoms with E-state index in [0.29, 0.717) is 6.54 Å². The molecule has 0 fully saturated rings. The molecule has 0 heterocycles. The summed E-state index contributed by atoms with van der Waals surface area (Å²) in [6, 6.07) is 0.213. The molecule has 0 aromatic rings. The summed E-state index contributed by atoms with van der Waals surface area (Å²) in [6.45, 7) is 8.63. The van der Waals surface area contributed by atoms with Crippen molar-refractivity contribution in [1.29, 1.82) is 0 Å². The molecule has 0 aromatic heterocycles. The van der Waals surface area contributed by atoms with Crippen LogP contribution in [0.15, 0.2) is 13.2 Å². The third-order valence-corrected chi connectivity index (χ3v) is 0.827. The highest BCUT2D eigenvalue weighted by molar-refractivity contribution is 4.55. The van der Waals surface area contributed by atoms with Crippen LogP contribution in [0.2, 0.25) is 0 Å². The fraction of sp³-hybridized carbons (Fsp3) is 0.667. The summed E-state index contributed by atoms with van der Waals surface area (Å²) in [5.41, 5.74) is 10.5. The monoisotopic (exact) mass is 116 g/mol. The lowest BCUT2D eigenvalue weighted by molar-refractivity contribution is 0.660. The molecule has 0 radical (unpaired) electrons. The lowest BCUT2D eigenvalue weighted by atomic mass is 10.2. The maximum absolute atomic E-state index is 5.35. The van der Waals surface area contributed by atoms with E-state index in [2.05, 4.69) is 13.2 Å². The van der Waals surface area contributed by atoms with E-state index in [4.69, 9.17) is 11.5 Å². The minimum absolute atomic E-state index is 0.213. The van der Waals surface area contributed by atoms with Gasteiger partial charge in [-0.25, -0.2) is 0 Å². The highest BCUT2D eigenvalue weighted by Gasteiger charge is 1.88. The largest absolute Gasteiger partial charge is 0.329 e. The normalized spacial score (nSPS) is 11.4. The second-order valence-corrected chi connectivity index (χ2v) is 1.40. The van der Waals surface area contributed by atoms with Crippen molar-refractivity contribution < 1.29 is 0 Å². The van der Waals surface area contributed by atoms with Gasteiger partial charge in [0.1, 0.15) is 0 Å². The standard InChI is InChI=1S/C4H12N2.C2H4/c1-2-4(6)3-5;1-2/h4H,2-3,5-6H2,1H3;1-2H2. The van der Waals surface area contributed by atoms with Crippen molar-refractivity contribution in [2.75, 3.05) is 6.54 Å². The second kappa shape index (κ2) is 9.83. The fourth-order valence-corrected chi connectivity index (χ4v) is 0.167. The van der Waals surface area contributed by atoms with E-state index in [0.717, 1.165) is 6.42 Å². The second-order valence-electron chi connectivity index (χ2n) is 1.40. The van der Waals surface area contributed by atoms with Gasteiger partial charge in [0.15, 0.2) is 0 Å². The van der Waals surface area contributed by atoms with E-state index in [1.54, 1.807) is 0 Å². The lowest BCUT2D eigenvalue weighted by Crippen LogP contribution is -2.28. The molecule has 0 saturated heterocycles. The Balaban J connectivity index is 0. The number of hydrogen-bond acceptors (Lipinski definition) is 2. The van der Waals surface area contributed by atoms with Gasteiger partial charge in [0.2, 0.25) is 0 Å². The smallest absolute Gasteiger partial charge is 0.0160 e. The highest BCUT2D eigenvalue weighted by atomic mass is 14.7. The van der Waals surface area contributed by atoms with Crippen molar-refractivity contribution in [2.45, 2.75) is 19.4 Å². The molecule has 1 atom stereocenters. The van der Waals surface area contributed by atoms with E-state index >= 15 is 0 Å². The van der Waals surface area contributed by atoms with Gasteiger partial charge in [-0.2, -0.15) is 0 Å². The predicted molar refractivity (Wildman–Crippen MR) is 38.6 cm³/mol. The Morgan fingerprint density at radius 2 is 1.88 bits per heavy atom. The summed E-state index contributed by atoms with van der Waals surface area (Å²) < 4.78 is 0. The lowest BCUT2D eigenvalue weighted by Gasteiger charge is -1.99. The van der Waals surface area contributed by atoms with Gasteiger partial charge in [-0.15, -0.1) is 13.2 Å². The van der Waals surface area contributed by atoms with Gasteiger partial charge < -0.3 is 11.5 Å². The van der Waals surface area contributed by atoms with Gasteiger partial charge in [0.05, 0.1) is 0 Å². The van der Waals surface area contributed by atoms with E-state index in [1.807, 2.05) is 6.92 Å². The Kier molecular flexibility index (Phi) is 13.0. The molecule has 0 rings (SSSR count). The van der Waals surface area contributed by atoms with E-state index < -0.39 is 0 Å². The molecule has 0 saturated carbocycles. The zero-order valence-corrected chi connectivity index (χ0v) is 5.56. The Labute approximate surface area is 51.6 Å². The van der Waals surface area contributed by atoms with E-state index in [-0.39, 0.29) is 6.04 Å². The quantitative estimate of drug-likeness (QED) is 0.516. The molecule has 0 aliphatic rings. The Morgan fingerprint density at radius 3 is 1.88 bits per heavy atom. The van der Waals surface area contributed by atoms with Gasteiger partial charge in [-0.05, 0) is 6.42 Å². The van der Waals surface area contributed by atoms with Crippen molar-refractivity contribution in [3.05, 3.63) is 13.2 Å². The summed E-state index contributed by atoms with van der Waals surface area (Å²) in [5.74, 6) is 0. The van der Waals surface area contributed by atoms with E-state index in [1.165, 1.54) is 0 Å². The molecule has 1 unspecified atom stereocenters. The van der Waals surface area contributed by atoms with Crippen LogP contribution in [-0.4, -0.2) is 12.6 Å².